The fraction of sp³-hybridized carbons (Fsp3) is 0.364. The molecule has 4 heteroatoms. The van der Waals surface area contributed by atoms with E-state index in [1.54, 1.807) is 36.3 Å². The monoisotopic (exact) mass is 207 g/mol. The molecule has 0 spiro atoms. The first kappa shape index (κ1) is 9.98. The van der Waals surface area contributed by atoms with Crippen LogP contribution >= 0.6 is 0 Å². The molecule has 4 nitrogen and oxygen atoms in total. The predicted molar refractivity (Wildman–Crippen MR) is 54.9 cm³/mol. The number of ether oxygens (including phenoxy) is 1. The van der Waals surface area contributed by atoms with Crippen LogP contribution in [0.1, 0.15) is 10.4 Å². The average Bonchev–Trinajstić information content (AvgIpc) is 2.24. The van der Waals surface area contributed by atoms with Gasteiger partial charge in [0.05, 0.1) is 13.2 Å². The first-order chi connectivity index (χ1) is 7.20. The van der Waals surface area contributed by atoms with Crippen LogP contribution in [0, 0.1) is 0 Å². The van der Waals surface area contributed by atoms with Crippen LogP contribution < -0.4 is 4.74 Å². The average molecular weight is 207 g/mol. The smallest absolute Gasteiger partial charge is 0.254 e. The molecule has 0 aliphatic carbocycles. The second kappa shape index (κ2) is 3.90. The van der Waals surface area contributed by atoms with Gasteiger partial charge in [0.25, 0.3) is 5.91 Å². The van der Waals surface area contributed by atoms with Crippen molar-refractivity contribution in [1.29, 1.82) is 0 Å². The number of nitrogens with zero attached hydrogens (tertiary/aromatic N) is 1. The number of β-amino-alcohol motifs (C(OH)–C–C–N with tert-alkyl or cyclic N) is 1. The Balaban J connectivity index is 2.06. The van der Waals surface area contributed by atoms with Gasteiger partial charge in [0, 0.05) is 18.7 Å². The van der Waals surface area contributed by atoms with Gasteiger partial charge in [-0.3, -0.25) is 4.79 Å². The van der Waals surface area contributed by atoms with Gasteiger partial charge in [-0.15, -0.1) is 0 Å². The molecule has 0 aromatic heterocycles. The summed E-state index contributed by atoms with van der Waals surface area (Å²) in [6.45, 7) is 0.871. The maximum atomic E-state index is 11.7. The summed E-state index contributed by atoms with van der Waals surface area (Å²) in [5, 5.41) is 9.08. The fourth-order valence-corrected chi connectivity index (χ4v) is 1.54. The minimum Gasteiger partial charge on any atom is -0.497 e. The summed E-state index contributed by atoms with van der Waals surface area (Å²) >= 11 is 0. The molecule has 0 radical (unpaired) electrons. The lowest BCUT2D eigenvalue weighted by molar-refractivity contribution is 0.00589. The van der Waals surface area contributed by atoms with Gasteiger partial charge in [0.1, 0.15) is 5.75 Å². The Bertz CT molecular complexity index is 355. The number of rotatable bonds is 2. The third kappa shape index (κ3) is 1.94. The normalized spacial score (nSPS) is 16.0. The molecule has 2 rings (SSSR count). The van der Waals surface area contributed by atoms with E-state index >= 15 is 0 Å². The zero-order chi connectivity index (χ0) is 10.8. The summed E-state index contributed by atoms with van der Waals surface area (Å²) in [6, 6.07) is 6.96. The van der Waals surface area contributed by atoms with Crippen molar-refractivity contribution in [2.45, 2.75) is 6.10 Å². The summed E-state index contributed by atoms with van der Waals surface area (Å²) in [5.74, 6) is 0.693. The van der Waals surface area contributed by atoms with Gasteiger partial charge in [-0.05, 0) is 24.3 Å². The number of amides is 1. The lowest BCUT2D eigenvalue weighted by atomic mass is 10.1. The number of carbonyl (C=O) groups excluding carboxylic acids is 1. The maximum absolute atomic E-state index is 11.7. The highest BCUT2D eigenvalue weighted by atomic mass is 16.5. The molecule has 1 N–H and O–H groups in total. The molecule has 1 aliphatic heterocycles. The highest BCUT2D eigenvalue weighted by Gasteiger charge is 2.29. The Kier molecular flexibility index (Phi) is 2.60. The van der Waals surface area contributed by atoms with Crippen LogP contribution in [0.25, 0.3) is 0 Å². The molecule has 1 aliphatic rings. The first-order valence-corrected chi connectivity index (χ1v) is 4.82. The maximum Gasteiger partial charge on any atom is 0.254 e. The number of carbonyl (C=O) groups is 1. The molecule has 1 amide bonds. The predicted octanol–water partition coefficient (Wildman–Crippen LogP) is 0.512. The van der Waals surface area contributed by atoms with Gasteiger partial charge in [-0.2, -0.15) is 0 Å². The quantitative estimate of drug-likeness (QED) is 0.768. The van der Waals surface area contributed by atoms with Gasteiger partial charge >= 0.3 is 0 Å². The number of hydrogen-bond acceptors (Lipinski definition) is 3. The number of aliphatic hydroxyl groups excluding tert-OH is 1. The van der Waals surface area contributed by atoms with Crippen molar-refractivity contribution >= 4 is 5.91 Å². The molecule has 1 saturated heterocycles. The second-order valence-corrected chi connectivity index (χ2v) is 3.59. The Morgan fingerprint density at radius 2 is 2.00 bits per heavy atom. The van der Waals surface area contributed by atoms with Crippen LogP contribution in [0.2, 0.25) is 0 Å². The third-order valence-corrected chi connectivity index (χ3v) is 2.49. The first-order valence-electron chi connectivity index (χ1n) is 4.82. The number of hydrogen-bond donors (Lipinski definition) is 1. The van der Waals surface area contributed by atoms with Crippen LogP contribution in [-0.2, 0) is 0 Å². The lowest BCUT2D eigenvalue weighted by Crippen LogP contribution is -2.53. The van der Waals surface area contributed by atoms with Gasteiger partial charge in [-0.1, -0.05) is 0 Å². The van der Waals surface area contributed by atoms with E-state index in [9.17, 15) is 4.79 Å². The molecule has 0 unspecified atom stereocenters. The van der Waals surface area contributed by atoms with Crippen molar-refractivity contribution in [3.05, 3.63) is 29.8 Å². The van der Waals surface area contributed by atoms with Gasteiger partial charge < -0.3 is 14.7 Å². The molecule has 1 aromatic carbocycles. The molecule has 1 heterocycles. The van der Waals surface area contributed by atoms with Gasteiger partial charge in [-0.25, -0.2) is 0 Å². The van der Waals surface area contributed by atoms with Gasteiger partial charge in [0.15, 0.2) is 0 Å². The summed E-state index contributed by atoms with van der Waals surface area (Å²) in [5.41, 5.74) is 0.628. The Morgan fingerprint density at radius 1 is 1.40 bits per heavy atom. The zero-order valence-electron chi connectivity index (χ0n) is 8.51. The minimum atomic E-state index is -0.354. The summed E-state index contributed by atoms with van der Waals surface area (Å²) in [6.07, 6.45) is -0.354. The van der Waals surface area contributed by atoms with Crippen LogP contribution in [0.3, 0.4) is 0 Å². The second-order valence-electron chi connectivity index (χ2n) is 3.59. The highest BCUT2D eigenvalue weighted by molar-refractivity contribution is 5.94. The third-order valence-electron chi connectivity index (χ3n) is 2.49. The Labute approximate surface area is 88.1 Å². The van der Waals surface area contributed by atoms with E-state index in [1.165, 1.54) is 0 Å². The number of methoxy groups -OCH3 is 1. The van der Waals surface area contributed by atoms with E-state index in [0.717, 1.165) is 5.75 Å². The summed E-state index contributed by atoms with van der Waals surface area (Å²) in [7, 11) is 1.59. The zero-order valence-corrected chi connectivity index (χ0v) is 8.51. The summed E-state index contributed by atoms with van der Waals surface area (Å²) in [4.78, 5) is 13.4. The van der Waals surface area contributed by atoms with E-state index < -0.39 is 0 Å². The van der Waals surface area contributed by atoms with Crippen LogP contribution in [0.4, 0.5) is 0 Å². The molecule has 0 bridgehead atoms. The number of likely N-dealkylation sites (tertiary alicyclic amines) is 1. The van der Waals surface area contributed by atoms with Crippen molar-refractivity contribution in [3.8, 4) is 5.75 Å². The molecule has 80 valence electrons. The van der Waals surface area contributed by atoms with E-state index in [0.29, 0.717) is 18.7 Å². The number of benzene rings is 1. The van der Waals surface area contributed by atoms with Crippen molar-refractivity contribution in [3.63, 3.8) is 0 Å². The van der Waals surface area contributed by atoms with E-state index in [-0.39, 0.29) is 12.0 Å². The Morgan fingerprint density at radius 3 is 2.47 bits per heavy atom. The van der Waals surface area contributed by atoms with E-state index in [4.69, 9.17) is 9.84 Å². The van der Waals surface area contributed by atoms with Crippen LogP contribution in [-0.4, -0.2) is 42.2 Å². The van der Waals surface area contributed by atoms with Gasteiger partial charge in [0.2, 0.25) is 0 Å². The SMILES string of the molecule is COc1ccc(C(=O)N2CC(O)C2)cc1. The van der Waals surface area contributed by atoms with Crippen LogP contribution in [0.15, 0.2) is 24.3 Å². The summed E-state index contributed by atoms with van der Waals surface area (Å²) < 4.78 is 5.00. The van der Waals surface area contributed by atoms with Crippen molar-refractivity contribution in [2.24, 2.45) is 0 Å². The Hall–Kier alpha value is -1.55. The largest absolute Gasteiger partial charge is 0.497 e. The highest BCUT2D eigenvalue weighted by Crippen LogP contribution is 2.16. The standard InChI is InChI=1S/C11H13NO3/c1-15-10-4-2-8(3-5-10)11(14)12-6-9(13)7-12/h2-5,9,13H,6-7H2,1H3. The topological polar surface area (TPSA) is 49.8 Å². The van der Waals surface area contributed by atoms with Crippen molar-refractivity contribution in [1.82, 2.24) is 4.90 Å². The lowest BCUT2D eigenvalue weighted by Gasteiger charge is -2.35. The van der Waals surface area contributed by atoms with E-state index in [2.05, 4.69) is 0 Å². The molecule has 1 aromatic rings. The van der Waals surface area contributed by atoms with Crippen molar-refractivity contribution in [2.75, 3.05) is 20.2 Å². The van der Waals surface area contributed by atoms with Crippen LogP contribution in [0.5, 0.6) is 5.75 Å². The molecular formula is C11H13NO3. The van der Waals surface area contributed by atoms with E-state index in [1.807, 2.05) is 0 Å². The molecule has 15 heavy (non-hydrogen) atoms. The fourth-order valence-electron chi connectivity index (χ4n) is 1.54. The molecular weight excluding hydrogens is 194 g/mol. The molecule has 1 fully saturated rings. The number of aliphatic hydroxyl groups is 1. The minimum absolute atomic E-state index is 0.0389. The van der Waals surface area contributed by atoms with Crippen molar-refractivity contribution < 1.29 is 14.6 Å². The molecule has 0 saturated carbocycles. The molecule has 0 atom stereocenters.